The smallest absolute Gasteiger partial charge is 0.344 e. The van der Waals surface area contributed by atoms with Gasteiger partial charge in [-0.2, -0.15) is 0 Å². The summed E-state index contributed by atoms with van der Waals surface area (Å²) >= 11 is 0. The lowest BCUT2D eigenvalue weighted by atomic mass is 10.1. The van der Waals surface area contributed by atoms with Gasteiger partial charge in [-0.15, -0.1) is 0 Å². The van der Waals surface area contributed by atoms with E-state index in [1.54, 1.807) is 12.4 Å². The number of hydrogen-bond acceptors (Lipinski definition) is 6. The molecule has 2 heterocycles. The molecular weight excluding hydrogens is 442 g/mol. The fourth-order valence-corrected chi connectivity index (χ4v) is 3.86. The maximum atomic E-state index is 12.4. The first-order valence-electron chi connectivity index (χ1n) is 12.9. The van der Waals surface area contributed by atoms with Crippen LogP contribution in [0.1, 0.15) is 71.6 Å². The van der Waals surface area contributed by atoms with E-state index >= 15 is 0 Å². The minimum absolute atomic E-state index is 0.00661. The summed E-state index contributed by atoms with van der Waals surface area (Å²) in [4.78, 5) is 28.0. The average Bonchev–Trinajstić information content (AvgIpc) is 2.88. The molecule has 6 nitrogen and oxygen atoms in total. The molecule has 0 aliphatic heterocycles. The van der Waals surface area contributed by atoms with Crippen LogP contribution in [0, 0.1) is 5.92 Å². The number of fused-ring (bicyclic) bond motifs is 1. The molecule has 2 aromatic heterocycles. The molecule has 1 atom stereocenters. The number of nitrogens with zero attached hydrogens (tertiary/aromatic N) is 1. The van der Waals surface area contributed by atoms with Gasteiger partial charge in [-0.1, -0.05) is 64.5 Å². The number of benzene rings is 1. The summed E-state index contributed by atoms with van der Waals surface area (Å²) < 4.78 is 16.6. The summed E-state index contributed by atoms with van der Waals surface area (Å²) in [6, 6.07) is 11.2. The lowest BCUT2D eigenvalue weighted by Gasteiger charge is -2.09. The van der Waals surface area contributed by atoms with Gasteiger partial charge >= 0.3 is 11.6 Å². The Bertz CT molecular complexity index is 1120. The number of pyridine rings is 1. The molecule has 0 N–H and O–H groups in total. The van der Waals surface area contributed by atoms with Gasteiger partial charge in [0.15, 0.2) is 5.58 Å². The molecular formula is C29H37NO5. The number of aromatic nitrogens is 1. The average molecular weight is 480 g/mol. The van der Waals surface area contributed by atoms with Crippen LogP contribution in [0.2, 0.25) is 0 Å². The zero-order valence-electron chi connectivity index (χ0n) is 21.0. The van der Waals surface area contributed by atoms with Gasteiger partial charge in [0.2, 0.25) is 0 Å². The van der Waals surface area contributed by atoms with Crippen molar-refractivity contribution in [3.8, 4) is 16.9 Å². The molecule has 0 amide bonds. The second kappa shape index (κ2) is 14.3. The maximum absolute atomic E-state index is 12.4. The van der Waals surface area contributed by atoms with E-state index in [0.717, 1.165) is 48.8 Å². The van der Waals surface area contributed by atoms with Gasteiger partial charge < -0.3 is 13.9 Å². The monoisotopic (exact) mass is 479 g/mol. The summed E-state index contributed by atoms with van der Waals surface area (Å²) in [5.74, 6) is 0.691. The van der Waals surface area contributed by atoms with Crippen molar-refractivity contribution in [1.82, 2.24) is 4.98 Å². The van der Waals surface area contributed by atoms with Crippen molar-refractivity contribution in [2.75, 3.05) is 13.2 Å². The van der Waals surface area contributed by atoms with Gasteiger partial charge in [-0.25, -0.2) is 4.79 Å². The third kappa shape index (κ3) is 8.53. The highest BCUT2D eigenvalue weighted by Crippen LogP contribution is 2.24. The Morgan fingerprint density at radius 3 is 2.43 bits per heavy atom. The van der Waals surface area contributed by atoms with Crippen LogP contribution in [0.5, 0.6) is 5.75 Å². The Morgan fingerprint density at radius 1 is 0.971 bits per heavy atom. The molecule has 0 spiro atoms. The molecule has 3 aromatic rings. The highest BCUT2D eigenvalue weighted by Gasteiger charge is 2.11. The summed E-state index contributed by atoms with van der Waals surface area (Å²) in [6.07, 6.45) is 13.1. The molecule has 0 fully saturated rings. The molecule has 188 valence electrons. The molecule has 0 saturated heterocycles. The Hall–Kier alpha value is -3.15. The molecule has 6 heteroatoms. The van der Waals surface area contributed by atoms with E-state index in [4.69, 9.17) is 13.9 Å². The number of carbonyl (C=O) groups is 1. The van der Waals surface area contributed by atoms with Crippen LogP contribution in [0.4, 0.5) is 0 Å². The van der Waals surface area contributed by atoms with Crippen molar-refractivity contribution in [2.24, 2.45) is 5.92 Å². The Labute approximate surface area is 207 Å². The van der Waals surface area contributed by atoms with Crippen molar-refractivity contribution in [2.45, 2.75) is 71.6 Å². The summed E-state index contributed by atoms with van der Waals surface area (Å²) in [7, 11) is 0. The number of unbranched alkanes of at least 4 members (excludes halogenated alkanes) is 7. The van der Waals surface area contributed by atoms with Crippen molar-refractivity contribution in [3.05, 3.63) is 59.2 Å². The standard InChI is InChI=1S/C29H37NO5/c1-3-22(2)28(31)34-18-11-9-7-5-4-6-8-10-17-33-25-14-12-13-23(19-25)26-20-24-15-16-30-21-27(24)35-29(26)32/h12-16,19-22H,3-11,17-18H2,1-2H3. The largest absolute Gasteiger partial charge is 0.494 e. The van der Waals surface area contributed by atoms with Gasteiger partial charge in [-0.3, -0.25) is 9.78 Å². The van der Waals surface area contributed by atoms with Crippen molar-refractivity contribution >= 4 is 16.9 Å². The summed E-state index contributed by atoms with van der Waals surface area (Å²) in [5.41, 5.74) is 1.40. The van der Waals surface area contributed by atoms with Crippen LogP contribution in [-0.2, 0) is 9.53 Å². The molecule has 0 aliphatic carbocycles. The molecule has 35 heavy (non-hydrogen) atoms. The molecule has 3 rings (SSSR count). The fourth-order valence-electron chi connectivity index (χ4n) is 3.86. The molecule has 1 unspecified atom stereocenters. The third-order valence-corrected chi connectivity index (χ3v) is 6.25. The highest BCUT2D eigenvalue weighted by atomic mass is 16.5. The van der Waals surface area contributed by atoms with E-state index in [-0.39, 0.29) is 17.5 Å². The SMILES string of the molecule is CCC(C)C(=O)OCCCCCCCCCCOc1cccc(-c2cc3ccncc3oc2=O)c1. The Kier molecular flexibility index (Phi) is 10.8. The third-order valence-electron chi connectivity index (χ3n) is 6.25. The van der Waals surface area contributed by atoms with Crippen LogP contribution < -0.4 is 10.4 Å². The Morgan fingerprint density at radius 2 is 1.69 bits per heavy atom. The number of ether oxygens (including phenoxy) is 2. The first-order valence-corrected chi connectivity index (χ1v) is 12.9. The van der Waals surface area contributed by atoms with Crippen LogP contribution >= 0.6 is 0 Å². The van der Waals surface area contributed by atoms with E-state index in [0.29, 0.717) is 24.4 Å². The van der Waals surface area contributed by atoms with E-state index < -0.39 is 0 Å². The van der Waals surface area contributed by atoms with E-state index in [2.05, 4.69) is 4.98 Å². The number of rotatable bonds is 15. The van der Waals surface area contributed by atoms with Crippen LogP contribution in [-0.4, -0.2) is 24.2 Å². The number of esters is 1. The van der Waals surface area contributed by atoms with Crippen molar-refractivity contribution in [1.29, 1.82) is 0 Å². The number of hydrogen-bond donors (Lipinski definition) is 0. The molecule has 0 radical (unpaired) electrons. The van der Waals surface area contributed by atoms with E-state index in [9.17, 15) is 9.59 Å². The van der Waals surface area contributed by atoms with E-state index in [1.807, 2.05) is 50.2 Å². The van der Waals surface area contributed by atoms with Crippen LogP contribution in [0.3, 0.4) is 0 Å². The van der Waals surface area contributed by atoms with Gasteiger partial charge in [0.05, 0.1) is 30.9 Å². The molecule has 0 saturated carbocycles. The van der Waals surface area contributed by atoms with Crippen molar-refractivity contribution < 1.29 is 18.7 Å². The second-order valence-corrected chi connectivity index (χ2v) is 9.04. The van der Waals surface area contributed by atoms with Crippen LogP contribution in [0.15, 0.2) is 58.0 Å². The van der Waals surface area contributed by atoms with Gasteiger partial charge in [0.25, 0.3) is 0 Å². The lowest BCUT2D eigenvalue weighted by Crippen LogP contribution is -2.14. The quantitative estimate of drug-likeness (QED) is 0.173. The van der Waals surface area contributed by atoms with E-state index in [1.165, 1.54) is 25.7 Å². The molecule has 0 bridgehead atoms. The van der Waals surface area contributed by atoms with Crippen molar-refractivity contribution in [3.63, 3.8) is 0 Å². The lowest BCUT2D eigenvalue weighted by molar-refractivity contribution is -0.148. The maximum Gasteiger partial charge on any atom is 0.344 e. The Balaban J connectivity index is 1.29. The van der Waals surface area contributed by atoms with Gasteiger partial charge in [0.1, 0.15) is 5.75 Å². The molecule has 1 aromatic carbocycles. The molecule has 0 aliphatic rings. The zero-order chi connectivity index (χ0) is 24.9. The predicted molar refractivity (Wildman–Crippen MR) is 139 cm³/mol. The zero-order valence-corrected chi connectivity index (χ0v) is 21.0. The van der Waals surface area contributed by atoms with Gasteiger partial charge in [-0.05, 0) is 49.1 Å². The van der Waals surface area contributed by atoms with Crippen LogP contribution in [0.25, 0.3) is 22.1 Å². The highest BCUT2D eigenvalue weighted by molar-refractivity contribution is 5.81. The summed E-state index contributed by atoms with van der Waals surface area (Å²) in [5, 5.41) is 0.839. The second-order valence-electron chi connectivity index (χ2n) is 9.04. The number of carbonyl (C=O) groups excluding carboxylic acids is 1. The topological polar surface area (TPSA) is 78.6 Å². The van der Waals surface area contributed by atoms with Gasteiger partial charge in [0, 0.05) is 11.6 Å². The predicted octanol–water partition coefficient (Wildman–Crippen LogP) is 6.94. The summed E-state index contributed by atoms with van der Waals surface area (Å²) in [6.45, 7) is 5.12. The first-order chi connectivity index (χ1) is 17.1. The first kappa shape index (κ1) is 26.5. The fraction of sp³-hybridized carbons (Fsp3) is 0.483. The minimum Gasteiger partial charge on any atom is -0.494 e. The normalized spacial score (nSPS) is 11.9. The minimum atomic E-state index is -0.380.